The molecule has 0 saturated heterocycles. The van der Waals surface area contributed by atoms with Crippen LogP contribution in [0.25, 0.3) is 10.9 Å². The molecule has 1 amide bonds. The minimum absolute atomic E-state index is 0.157. The molecular weight excluding hydrogens is 524 g/mol. The molecule has 6 rings (SSSR count). The normalized spacial score (nSPS) is 35.5. The summed E-state index contributed by atoms with van der Waals surface area (Å²) >= 11 is 0. The summed E-state index contributed by atoms with van der Waals surface area (Å²) in [6.07, 6.45) is 14.9. The van der Waals surface area contributed by atoms with E-state index in [9.17, 15) is 19.8 Å². The summed E-state index contributed by atoms with van der Waals surface area (Å²) in [4.78, 5) is 25.2. The monoisotopic (exact) mass is 574 g/mol. The van der Waals surface area contributed by atoms with Gasteiger partial charge < -0.3 is 20.1 Å². The summed E-state index contributed by atoms with van der Waals surface area (Å²) in [7, 11) is 1.96. The van der Waals surface area contributed by atoms with Gasteiger partial charge in [-0.15, -0.1) is 0 Å². The van der Waals surface area contributed by atoms with Crippen LogP contribution in [0.4, 0.5) is 0 Å². The molecule has 0 bridgehead atoms. The van der Waals surface area contributed by atoms with Crippen LogP contribution in [-0.2, 0) is 23.1 Å². The molecule has 3 N–H and O–H groups in total. The molecule has 1 aromatic heterocycles. The lowest BCUT2D eigenvalue weighted by Crippen LogP contribution is -2.50. The maximum absolute atomic E-state index is 13.1. The van der Waals surface area contributed by atoms with Gasteiger partial charge in [0.2, 0.25) is 5.91 Å². The fourth-order valence-electron chi connectivity index (χ4n) is 10.5. The largest absolute Gasteiger partial charge is 0.480 e. The van der Waals surface area contributed by atoms with Gasteiger partial charge in [0.25, 0.3) is 0 Å². The number of benzene rings is 1. The second kappa shape index (κ2) is 11.2. The van der Waals surface area contributed by atoms with Gasteiger partial charge in [-0.3, -0.25) is 4.79 Å². The number of carbonyl (C=O) groups excluding carboxylic acids is 1. The lowest BCUT2D eigenvalue weighted by molar-refractivity contribution is -0.141. The Balaban J connectivity index is 1.07. The number of hydrogen-bond donors (Lipinski definition) is 3. The van der Waals surface area contributed by atoms with Gasteiger partial charge >= 0.3 is 5.97 Å². The van der Waals surface area contributed by atoms with Crippen molar-refractivity contribution in [3.8, 4) is 0 Å². The summed E-state index contributed by atoms with van der Waals surface area (Å²) in [6, 6.07) is 7.05. The van der Waals surface area contributed by atoms with E-state index in [2.05, 4.69) is 32.2 Å². The molecule has 1 heterocycles. The fourth-order valence-corrected chi connectivity index (χ4v) is 10.5. The van der Waals surface area contributed by atoms with E-state index in [1.54, 1.807) is 0 Å². The number of aliphatic carboxylic acids is 1. The van der Waals surface area contributed by atoms with E-state index in [-0.39, 0.29) is 23.8 Å². The van der Waals surface area contributed by atoms with Crippen molar-refractivity contribution in [2.75, 3.05) is 0 Å². The third-order valence-corrected chi connectivity index (χ3v) is 12.7. The molecule has 9 atom stereocenters. The minimum atomic E-state index is -0.988. The van der Waals surface area contributed by atoms with E-state index in [1.807, 2.05) is 42.1 Å². The van der Waals surface area contributed by atoms with Crippen molar-refractivity contribution in [2.24, 2.45) is 47.5 Å². The molecule has 6 nitrogen and oxygen atoms in total. The first-order valence-electron chi connectivity index (χ1n) is 16.4. The van der Waals surface area contributed by atoms with E-state index in [0.717, 1.165) is 59.9 Å². The van der Waals surface area contributed by atoms with Gasteiger partial charge in [0.1, 0.15) is 6.04 Å². The highest BCUT2D eigenvalue weighted by Gasteiger charge is 2.59. The van der Waals surface area contributed by atoms with Gasteiger partial charge in [-0.25, -0.2) is 4.79 Å². The van der Waals surface area contributed by atoms with Crippen LogP contribution in [0.2, 0.25) is 0 Å². The summed E-state index contributed by atoms with van der Waals surface area (Å²) < 4.78 is 2.01. The highest BCUT2D eigenvalue weighted by Crippen LogP contribution is 2.67. The number of amides is 1. The quantitative estimate of drug-likeness (QED) is 0.308. The van der Waals surface area contributed by atoms with Crippen LogP contribution < -0.4 is 5.32 Å². The van der Waals surface area contributed by atoms with E-state index >= 15 is 0 Å². The molecule has 3 fully saturated rings. The van der Waals surface area contributed by atoms with Crippen LogP contribution in [-0.4, -0.2) is 38.8 Å². The van der Waals surface area contributed by atoms with Crippen LogP contribution in [0.5, 0.6) is 0 Å². The summed E-state index contributed by atoms with van der Waals surface area (Å²) in [5, 5.41) is 24.1. The number of aliphatic hydroxyl groups is 1. The zero-order valence-electron chi connectivity index (χ0n) is 25.9. The van der Waals surface area contributed by atoms with Gasteiger partial charge in [-0.1, -0.05) is 50.6 Å². The minimum Gasteiger partial charge on any atom is -0.480 e. The third-order valence-electron chi connectivity index (χ3n) is 12.7. The molecule has 4 aliphatic carbocycles. The Labute approximate surface area is 250 Å². The van der Waals surface area contributed by atoms with Crippen molar-refractivity contribution < 1.29 is 19.8 Å². The maximum atomic E-state index is 13.1. The average Bonchev–Trinajstić information content (AvgIpc) is 3.48. The van der Waals surface area contributed by atoms with Crippen molar-refractivity contribution in [3.05, 3.63) is 47.7 Å². The molecule has 228 valence electrons. The number of aliphatic hydroxyl groups excluding tert-OH is 1. The van der Waals surface area contributed by atoms with Gasteiger partial charge in [-0.05, 0) is 110 Å². The van der Waals surface area contributed by atoms with Crippen LogP contribution >= 0.6 is 0 Å². The average molecular weight is 575 g/mol. The van der Waals surface area contributed by atoms with E-state index < -0.39 is 12.0 Å². The fraction of sp³-hybridized carbons (Fsp3) is 0.667. The van der Waals surface area contributed by atoms with Crippen LogP contribution in [0.15, 0.2) is 42.1 Å². The van der Waals surface area contributed by atoms with Crippen molar-refractivity contribution in [2.45, 2.75) is 104 Å². The summed E-state index contributed by atoms with van der Waals surface area (Å²) in [6.45, 7) is 7.35. The number of fused-ring (bicyclic) bond motifs is 6. The Kier molecular flexibility index (Phi) is 7.83. The van der Waals surface area contributed by atoms with E-state index in [1.165, 1.54) is 37.7 Å². The number of allylic oxidation sites excluding steroid dienone is 1. The number of carboxylic acid groups (broad SMARTS) is 1. The number of nitrogens with zero attached hydrogens (tertiary/aromatic N) is 1. The molecule has 0 radical (unpaired) electrons. The molecule has 3 saturated carbocycles. The predicted octanol–water partition coefficient (Wildman–Crippen LogP) is 6.65. The zero-order chi connectivity index (χ0) is 29.8. The second-order valence-corrected chi connectivity index (χ2v) is 14.8. The number of carboxylic acids is 1. The Bertz CT molecular complexity index is 1380. The first-order chi connectivity index (χ1) is 20.0. The highest BCUT2D eigenvalue weighted by atomic mass is 16.4. The van der Waals surface area contributed by atoms with Crippen molar-refractivity contribution in [1.29, 1.82) is 0 Å². The number of aromatic nitrogens is 1. The third kappa shape index (κ3) is 5.02. The molecule has 42 heavy (non-hydrogen) atoms. The number of para-hydroxylation sites is 1. The number of carbonyl (C=O) groups is 2. The van der Waals surface area contributed by atoms with Gasteiger partial charge in [0.15, 0.2) is 0 Å². The Morgan fingerprint density at radius 1 is 1.10 bits per heavy atom. The lowest BCUT2D eigenvalue weighted by atomic mass is 9.47. The van der Waals surface area contributed by atoms with Crippen LogP contribution in [0, 0.1) is 40.4 Å². The smallest absolute Gasteiger partial charge is 0.326 e. The van der Waals surface area contributed by atoms with Gasteiger partial charge in [0, 0.05) is 37.0 Å². The molecule has 6 heteroatoms. The molecule has 2 aromatic rings. The number of rotatable bonds is 8. The van der Waals surface area contributed by atoms with E-state index in [0.29, 0.717) is 23.7 Å². The van der Waals surface area contributed by atoms with Crippen LogP contribution in [0.1, 0.15) is 90.5 Å². The van der Waals surface area contributed by atoms with Crippen molar-refractivity contribution >= 4 is 22.8 Å². The number of aryl methyl sites for hydroxylation is 1. The molecular formula is C36H50N2O4. The number of nitrogens with one attached hydrogen (secondary N) is 1. The SMILES string of the molecule is C[C@H](CCC(=O)N[C@@H](Cc1cn(C)c2ccccc12)C(=O)O)[C@H]1CC[C@H]2[C@@H]3CC=C4C[C@@H](O)CC[C@]4(C)[C@H]3CC[C@]12C. The second-order valence-electron chi connectivity index (χ2n) is 14.8. The predicted molar refractivity (Wildman–Crippen MR) is 166 cm³/mol. The van der Waals surface area contributed by atoms with E-state index in [4.69, 9.17) is 0 Å². The molecule has 1 aromatic carbocycles. The van der Waals surface area contributed by atoms with Crippen molar-refractivity contribution in [3.63, 3.8) is 0 Å². The van der Waals surface area contributed by atoms with Crippen molar-refractivity contribution in [1.82, 2.24) is 9.88 Å². The Hall–Kier alpha value is -2.60. The summed E-state index contributed by atoms with van der Waals surface area (Å²) in [5.41, 5.74) is 4.10. The van der Waals surface area contributed by atoms with Gasteiger partial charge in [-0.2, -0.15) is 0 Å². The lowest BCUT2D eigenvalue weighted by Gasteiger charge is -2.58. The summed E-state index contributed by atoms with van der Waals surface area (Å²) in [5.74, 6) is 2.09. The first kappa shape index (κ1) is 29.5. The molecule has 0 unspecified atom stereocenters. The first-order valence-corrected chi connectivity index (χ1v) is 16.4. The molecule has 0 spiro atoms. The standard InChI is InChI=1S/C36H50N2O4/c1-22(9-14-33(40)37-31(34(41)42)19-23-21-38(4)32-8-6-5-7-26(23)32)28-12-13-29-27-11-10-24-20-25(39)15-17-35(24,2)30(27)16-18-36(28,29)3/h5-8,10,21-22,25,27-31,39H,9,11-20H2,1-4H3,(H,37,40)(H,41,42)/t22-,25+,27+,28-,29+,30+,31+,35+,36-/m1/s1. The molecule has 0 aliphatic heterocycles. The Morgan fingerprint density at radius 3 is 2.67 bits per heavy atom. The van der Waals surface area contributed by atoms with Crippen LogP contribution in [0.3, 0.4) is 0 Å². The highest BCUT2D eigenvalue weighted by molar-refractivity contribution is 5.87. The molecule has 4 aliphatic rings. The Morgan fingerprint density at radius 2 is 1.88 bits per heavy atom. The zero-order valence-corrected chi connectivity index (χ0v) is 25.9. The maximum Gasteiger partial charge on any atom is 0.326 e. The number of hydrogen-bond acceptors (Lipinski definition) is 3. The topological polar surface area (TPSA) is 91.6 Å². The van der Waals surface area contributed by atoms with Gasteiger partial charge in [0.05, 0.1) is 6.10 Å².